The van der Waals surface area contributed by atoms with Crippen LogP contribution >= 0.6 is 11.6 Å². The smallest absolute Gasteiger partial charge is 0.323 e. The Hall–Kier alpha value is -1.18. The summed E-state index contributed by atoms with van der Waals surface area (Å²) >= 11 is 5.73. The van der Waals surface area contributed by atoms with Crippen LogP contribution in [0.1, 0.15) is 6.92 Å². The average molecular weight is 279 g/mol. The largest absolute Gasteiger partial charge is 0.468 e. The number of methoxy groups -OCH3 is 1. The Kier molecular flexibility index (Phi) is 4.44. The van der Waals surface area contributed by atoms with Crippen LogP contribution in [0, 0.1) is 0 Å². The molecule has 1 unspecified atom stereocenters. The zero-order valence-electron chi connectivity index (χ0n) is 9.18. The summed E-state index contributed by atoms with van der Waals surface area (Å²) in [5.41, 5.74) is 0. The summed E-state index contributed by atoms with van der Waals surface area (Å²) in [6, 6.07) is 0.347. The summed E-state index contributed by atoms with van der Waals surface area (Å²) in [7, 11) is -2.72. The first-order valence-corrected chi connectivity index (χ1v) is 6.44. The Morgan fingerprint density at radius 1 is 1.59 bits per heavy atom. The molecule has 0 radical (unpaired) electrons. The van der Waals surface area contributed by atoms with Gasteiger partial charge in [0, 0.05) is 12.4 Å². The second kappa shape index (κ2) is 5.44. The van der Waals surface area contributed by atoms with E-state index in [2.05, 4.69) is 14.4 Å². The van der Waals surface area contributed by atoms with E-state index >= 15 is 0 Å². The fourth-order valence-corrected chi connectivity index (χ4v) is 2.70. The van der Waals surface area contributed by atoms with Crippen molar-refractivity contribution in [1.82, 2.24) is 9.71 Å². The molecular weight excluding hydrogens is 268 g/mol. The Morgan fingerprint density at radius 3 is 2.76 bits per heavy atom. The normalized spacial score (nSPS) is 13.1. The minimum Gasteiger partial charge on any atom is -0.468 e. The SMILES string of the molecule is COC(=O)C(C)NS(=O)(=O)c1cnccc1Cl. The van der Waals surface area contributed by atoms with Crippen molar-refractivity contribution in [1.29, 1.82) is 0 Å². The van der Waals surface area contributed by atoms with Gasteiger partial charge in [-0.25, -0.2) is 8.42 Å². The lowest BCUT2D eigenvalue weighted by molar-refractivity contribution is -0.142. The lowest BCUT2D eigenvalue weighted by Crippen LogP contribution is -2.39. The van der Waals surface area contributed by atoms with E-state index in [1.165, 1.54) is 26.3 Å². The van der Waals surface area contributed by atoms with E-state index in [0.717, 1.165) is 6.20 Å². The Labute approximate surface area is 104 Å². The van der Waals surface area contributed by atoms with Gasteiger partial charge in [0.1, 0.15) is 10.9 Å². The zero-order chi connectivity index (χ0) is 13.1. The van der Waals surface area contributed by atoms with E-state index in [1.54, 1.807) is 0 Å². The molecule has 1 aromatic heterocycles. The molecule has 1 atom stereocenters. The second-order valence-electron chi connectivity index (χ2n) is 3.17. The van der Waals surface area contributed by atoms with Crippen LogP contribution in [0.4, 0.5) is 0 Å². The van der Waals surface area contributed by atoms with Crippen LogP contribution in [0.25, 0.3) is 0 Å². The number of nitrogens with one attached hydrogen (secondary N) is 1. The third kappa shape index (κ3) is 3.39. The fourth-order valence-electron chi connectivity index (χ4n) is 1.08. The Bertz CT molecular complexity index is 517. The third-order valence-corrected chi connectivity index (χ3v) is 3.92. The first kappa shape index (κ1) is 13.9. The first-order valence-electron chi connectivity index (χ1n) is 4.58. The number of ether oxygens (including phenoxy) is 1. The molecule has 1 rings (SSSR count). The van der Waals surface area contributed by atoms with Gasteiger partial charge in [0.25, 0.3) is 0 Å². The molecule has 0 saturated heterocycles. The Balaban J connectivity index is 2.98. The van der Waals surface area contributed by atoms with Gasteiger partial charge < -0.3 is 4.74 Å². The predicted molar refractivity (Wildman–Crippen MR) is 61.0 cm³/mol. The molecule has 0 aliphatic rings. The highest BCUT2D eigenvalue weighted by Crippen LogP contribution is 2.19. The van der Waals surface area contributed by atoms with Crippen LogP contribution in [-0.4, -0.2) is 32.5 Å². The van der Waals surface area contributed by atoms with Crippen molar-refractivity contribution in [2.24, 2.45) is 0 Å². The fraction of sp³-hybridized carbons (Fsp3) is 0.333. The molecule has 0 aromatic carbocycles. The zero-order valence-corrected chi connectivity index (χ0v) is 10.7. The molecule has 8 heteroatoms. The number of rotatable bonds is 4. The summed E-state index contributed by atoms with van der Waals surface area (Å²) in [4.78, 5) is 14.6. The summed E-state index contributed by atoms with van der Waals surface area (Å²) < 4.78 is 30.2. The van der Waals surface area contributed by atoms with Crippen LogP contribution < -0.4 is 4.72 Å². The van der Waals surface area contributed by atoms with Gasteiger partial charge in [-0.05, 0) is 13.0 Å². The van der Waals surface area contributed by atoms with Crippen molar-refractivity contribution < 1.29 is 17.9 Å². The van der Waals surface area contributed by atoms with Gasteiger partial charge in [-0.15, -0.1) is 0 Å². The van der Waals surface area contributed by atoms with Crippen LogP contribution in [0.3, 0.4) is 0 Å². The van der Waals surface area contributed by atoms with Gasteiger partial charge in [-0.3, -0.25) is 9.78 Å². The monoisotopic (exact) mass is 278 g/mol. The van der Waals surface area contributed by atoms with Crippen LogP contribution in [-0.2, 0) is 19.6 Å². The van der Waals surface area contributed by atoms with Gasteiger partial charge in [-0.2, -0.15) is 4.72 Å². The minimum atomic E-state index is -3.89. The summed E-state index contributed by atoms with van der Waals surface area (Å²) in [6.45, 7) is 1.37. The van der Waals surface area contributed by atoms with Crippen molar-refractivity contribution in [3.05, 3.63) is 23.5 Å². The maximum Gasteiger partial charge on any atom is 0.323 e. The molecule has 0 fully saturated rings. The quantitative estimate of drug-likeness (QED) is 0.814. The maximum atomic E-state index is 11.8. The first-order chi connectivity index (χ1) is 7.88. The molecule has 0 bridgehead atoms. The van der Waals surface area contributed by atoms with Gasteiger partial charge in [0.2, 0.25) is 10.0 Å². The van der Waals surface area contributed by atoms with E-state index < -0.39 is 22.0 Å². The van der Waals surface area contributed by atoms with Gasteiger partial charge in [0.15, 0.2) is 0 Å². The predicted octanol–water partition coefficient (Wildman–Crippen LogP) is 0.575. The number of esters is 1. The standard InChI is InChI=1S/C9H11ClN2O4S/c1-6(9(13)16-2)12-17(14,15)8-5-11-4-3-7(8)10/h3-6,12H,1-2H3. The number of pyridine rings is 1. The van der Waals surface area contributed by atoms with Crippen molar-refractivity contribution >= 4 is 27.6 Å². The molecule has 1 aromatic rings. The van der Waals surface area contributed by atoms with E-state index in [-0.39, 0.29) is 9.92 Å². The molecule has 0 spiro atoms. The lowest BCUT2D eigenvalue weighted by Gasteiger charge is -2.12. The van der Waals surface area contributed by atoms with Crippen LogP contribution in [0.2, 0.25) is 5.02 Å². The molecule has 0 aliphatic carbocycles. The number of carbonyl (C=O) groups excluding carboxylic acids is 1. The average Bonchev–Trinajstić information content (AvgIpc) is 2.27. The summed E-state index contributed by atoms with van der Waals surface area (Å²) in [6.07, 6.45) is 2.47. The number of nitrogens with zero attached hydrogens (tertiary/aromatic N) is 1. The molecule has 17 heavy (non-hydrogen) atoms. The maximum absolute atomic E-state index is 11.8. The topological polar surface area (TPSA) is 85.4 Å². The number of sulfonamides is 1. The molecule has 94 valence electrons. The molecular formula is C9H11ClN2O4S. The second-order valence-corrected chi connectivity index (χ2v) is 5.26. The highest BCUT2D eigenvalue weighted by atomic mass is 35.5. The van der Waals surface area contributed by atoms with Crippen LogP contribution in [0.5, 0.6) is 0 Å². The summed E-state index contributed by atoms with van der Waals surface area (Å²) in [5.74, 6) is -0.686. The van der Waals surface area contributed by atoms with E-state index in [4.69, 9.17) is 11.6 Å². The number of hydrogen-bond acceptors (Lipinski definition) is 5. The molecule has 1 heterocycles. The van der Waals surface area contributed by atoms with Crippen LogP contribution in [0.15, 0.2) is 23.4 Å². The minimum absolute atomic E-state index is 0.0320. The van der Waals surface area contributed by atoms with E-state index in [9.17, 15) is 13.2 Å². The highest BCUT2D eigenvalue weighted by Gasteiger charge is 2.24. The number of carbonyl (C=O) groups is 1. The molecule has 0 aliphatic heterocycles. The van der Waals surface area contributed by atoms with Crippen molar-refractivity contribution in [2.45, 2.75) is 17.9 Å². The van der Waals surface area contributed by atoms with Gasteiger partial charge in [-0.1, -0.05) is 11.6 Å². The molecule has 6 nitrogen and oxygen atoms in total. The number of halogens is 1. The Morgan fingerprint density at radius 2 is 2.24 bits per heavy atom. The molecule has 0 saturated carbocycles. The van der Waals surface area contributed by atoms with E-state index in [1.807, 2.05) is 0 Å². The van der Waals surface area contributed by atoms with Crippen molar-refractivity contribution in [3.8, 4) is 0 Å². The summed E-state index contributed by atoms with van der Waals surface area (Å²) in [5, 5.41) is 0.0320. The third-order valence-electron chi connectivity index (χ3n) is 1.91. The lowest BCUT2D eigenvalue weighted by atomic mass is 10.4. The molecule has 0 amide bonds. The number of aromatic nitrogens is 1. The van der Waals surface area contributed by atoms with Gasteiger partial charge in [0.05, 0.1) is 12.1 Å². The molecule has 1 N–H and O–H groups in total. The van der Waals surface area contributed by atoms with Crippen molar-refractivity contribution in [3.63, 3.8) is 0 Å². The highest BCUT2D eigenvalue weighted by molar-refractivity contribution is 7.89. The van der Waals surface area contributed by atoms with Crippen molar-refractivity contribution in [2.75, 3.05) is 7.11 Å². The number of hydrogen-bond donors (Lipinski definition) is 1. The van der Waals surface area contributed by atoms with Gasteiger partial charge >= 0.3 is 5.97 Å². The van der Waals surface area contributed by atoms with E-state index in [0.29, 0.717) is 0 Å².